The maximum absolute atomic E-state index is 14.2. The highest BCUT2D eigenvalue weighted by Gasteiger charge is 2.22. The number of thiol groups is 1. The molecule has 2 rings (SSSR count). The molecule has 21 heavy (non-hydrogen) atoms. The summed E-state index contributed by atoms with van der Waals surface area (Å²) in [5.74, 6) is -1.96. The molecule has 2 aromatic rings. The summed E-state index contributed by atoms with van der Waals surface area (Å²) >= 11 is 4.32. The van der Waals surface area contributed by atoms with E-state index in [1.807, 2.05) is 0 Å². The van der Waals surface area contributed by atoms with Crippen LogP contribution in [-0.2, 0) is 0 Å². The molecule has 1 heterocycles. The Morgan fingerprint density at radius 2 is 1.95 bits per heavy atom. The van der Waals surface area contributed by atoms with Gasteiger partial charge in [-0.1, -0.05) is 6.07 Å². The van der Waals surface area contributed by atoms with Gasteiger partial charge in [0.2, 0.25) is 0 Å². The number of nitrogens with two attached hydrogens (primary N) is 1. The first-order valence-electron chi connectivity index (χ1n) is 6.21. The van der Waals surface area contributed by atoms with Crippen LogP contribution < -0.4 is 5.73 Å². The summed E-state index contributed by atoms with van der Waals surface area (Å²) < 4.78 is 28.1. The van der Waals surface area contributed by atoms with Gasteiger partial charge in [-0.05, 0) is 42.7 Å². The average Bonchev–Trinajstić information content (AvgIpc) is 2.43. The lowest BCUT2D eigenvalue weighted by Gasteiger charge is -2.17. The van der Waals surface area contributed by atoms with Crippen LogP contribution in [0.4, 0.5) is 8.78 Å². The lowest BCUT2D eigenvalue weighted by molar-refractivity contribution is 0.0995. The summed E-state index contributed by atoms with van der Waals surface area (Å²) in [6.45, 7) is 3.26. The molecule has 1 aromatic heterocycles. The van der Waals surface area contributed by atoms with Gasteiger partial charge in [-0.15, -0.1) is 0 Å². The normalized spacial score (nSPS) is 12.2. The quantitative estimate of drug-likeness (QED) is 0.856. The van der Waals surface area contributed by atoms with Gasteiger partial charge in [-0.25, -0.2) is 8.78 Å². The second kappa shape index (κ2) is 5.81. The van der Waals surface area contributed by atoms with Crippen LogP contribution in [0, 0.1) is 25.5 Å². The molecule has 0 saturated carbocycles. The minimum atomic E-state index is -0.820. The van der Waals surface area contributed by atoms with Gasteiger partial charge in [0.1, 0.15) is 17.3 Å². The van der Waals surface area contributed by atoms with Gasteiger partial charge in [0.25, 0.3) is 5.91 Å². The first kappa shape index (κ1) is 15.4. The van der Waals surface area contributed by atoms with Gasteiger partial charge in [0.15, 0.2) is 0 Å². The molecule has 1 aromatic carbocycles. The number of benzene rings is 1. The highest BCUT2D eigenvalue weighted by Crippen LogP contribution is 2.34. The van der Waals surface area contributed by atoms with E-state index in [4.69, 9.17) is 5.73 Å². The molecule has 0 aliphatic carbocycles. The van der Waals surface area contributed by atoms with Crippen molar-refractivity contribution in [1.82, 2.24) is 4.98 Å². The molecule has 1 atom stereocenters. The third-order valence-electron chi connectivity index (χ3n) is 3.29. The van der Waals surface area contributed by atoms with E-state index in [-0.39, 0.29) is 11.3 Å². The molecular formula is C15H14F2N2OS. The van der Waals surface area contributed by atoms with Gasteiger partial charge < -0.3 is 5.73 Å². The number of primary amides is 1. The predicted molar refractivity (Wildman–Crippen MR) is 79.4 cm³/mol. The summed E-state index contributed by atoms with van der Waals surface area (Å²) in [6, 6.07) is 4.06. The third-order valence-corrected chi connectivity index (χ3v) is 3.83. The van der Waals surface area contributed by atoms with E-state index >= 15 is 0 Å². The van der Waals surface area contributed by atoms with Gasteiger partial charge >= 0.3 is 0 Å². The summed E-state index contributed by atoms with van der Waals surface area (Å²) in [7, 11) is 0. The predicted octanol–water partition coefficient (Wildman–Crippen LogP) is 3.09. The molecule has 2 N–H and O–H groups in total. The van der Waals surface area contributed by atoms with E-state index in [9.17, 15) is 13.6 Å². The fourth-order valence-corrected chi connectivity index (χ4v) is 2.58. The SMILES string of the molecule is Cc1cc(C(N)=O)ncc1C(S)c1c(F)ccc(C)c1F. The average molecular weight is 308 g/mol. The number of rotatable bonds is 3. The Labute approximate surface area is 126 Å². The Kier molecular flexibility index (Phi) is 4.27. The zero-order chi connectivity index (χ0) is 15.7. The highest BCUT2D eigenvalue weighted by atomic mass is 32.1. The van der Waals surface area contributed by atoms with E-state index in [1.54, 1.807) is 13.8 Å². The number of carbonyl (C=O) groups excluding carboxylic acids is 1. The molecule has 3 nitrogen and oxygen atoms in total. The lowest BCUT2D eigenvalue weighted by Crippen LogP contribution is -2.14. The van der Waals surface area contributed by atoms with E-state index < -0.39 is 22.8 Å². The number of aromatic nitrogens is 1. The number of nitrogens with zero attached hydrogens (tertiary/aromatic N) is 1. The molecule has 1 unspecified atom stereocenters. The van der Waals surface area contributed by atoms with Crippen LogP contribution in [0.3, 0.4) is 0 Å². The number of halogens is 2. The minimum absolute atomic E-state index is 0.0990. The van der Waals surface area contributed by atoms with Crippen molar-refractivity contribution in [2.24, 2.45) is 5.73 Å². The molecule has 0 radical (unpaired) electrons. The Hall–Kier alpha value is -1.95. The van der Waals surface area contributed by atoms with Crippen LogP contribution >= 0.6 is 12.6 Å². The van der Waals surface area contributed by atoms with Gasteiger partial charge in [-0.3, -0.25) is 9.78 Å². The Morgan fingerprint density at radius 1 is 1.29 bits per heavy atom. The van der Waals surface area contributed by atoms with Crippen molar-refractivity contribution in [3.63, 3.8) is 0 Å². The zero-order valence-corrected chi connectivity index (χ0v) is 12.4. The standard InChI is InChI=1S/C15H14F2N2OS/c1-7-3-4-10(16)12(13(7)17)14(21)9-6-19-11(15(18)20)5-8(9)2/h3-6,14,21H,1-2H3,(H2,18,20). The topological polar surface area (TPSA) is 56.0 Å². The Morgan fingerprint density at radius 3 is 2.52 bits per heavy atom. The molecule has 1 amide bonds. The second-order valence-electron chi connectivity index (χ2n) is 4.78. The van der Waals surface area contributed by atoms with Gasteiger partial charge in [0.05, 0.1) is 5.25 Å². The maximum Gasteiger partial charge on any atom is 0.267 e. The number of hydrogen-bond acceptors (Lipinski definition) is 3. The van der Waals surface area contributed by atoms with Crippen molar-refractivity contribution >= 4 is 18.5 Å². The van der Waals surface area contributed by atoms with Crippen LogP contribution in [0.25, 0.3) is 0 Å². The summed E-state index contributed by atoms with van der Waals surface area (Å²) in [5, 5.41) is -0.820. The third kappa shape index (κ3) is 2.90. The van der Waals surface area contributed by atoms with Crippen LogP contribution in [-0.4, -0.2) is 10.9 Å². The summed E-state index contributed by atoms with van der Waals surface area (Å²) in [6.07, 6.45) is 1.37. The molecule has 0 aliphatic heterocycles. The molecular weight excluding hydrogens is 294 g/mol. The molecule has 0 fully saturated rings. The van der Waals surface area contributed by atoms with Crippen LogP contribution in [0.2, 0.25) is 0 Å². The largest absolute Gasteiger partial charge is 0.364 e. The summed E-state index contributed by atoms with van der Waals surface area (Å²) in [4.78, 5) is 15.0. The smallest absolute Gasteiger partial charge is 0.267 e. The number of carbonyl (C=O) groups is 1. The van der Waals surface area contributed by atoms with Crippen molar-refractivity contribution < 1.29 is 13.6 Å². The monoisotopic (exact) mass is 308 g/mol. The van der Waals surface area contributed by atoms with Crippen LogP contribution in [0.1, 0.15) is 38.0 Å². The van der Waals surface area contributed by atoms with Crippen molar-refractivity contribution in [3.05, 3.63) is 64.0 Å². The van der Waals surface area contributed by atoms with Gasteiger partial charge in [0, 0.05) is 11.8 Å². The first-order valence-corrected chi connectivity index (χ1v) is 6.73. The second-order valence-corrected chi connectivity index (χ2v) is 5.30. The van der Waals surface area contributed by atoms with E-state index in [0.717, 1.165) is 0 Å². The summed E-state index contributed by atoms with van der Waals surface area (Å²) in [5.41, 5.74) is 6.61. The molecule has 0 bridgehead atoms. The van der Waals surface area contributed by atoms with Crippen molar-refractivity contribution in [2.75, 3.05) is 0 Å². The van der Waals surface area contributed by atoms with Crippen molar-refractivity contribution in [3.8, 4) is 0 Å². The maximum atomic E-state index is 14.2. The van der Waals surface area contributed by atoms with E-state index in [2.05, 4.69) is 17.6 Å². The highest BCUT2D eigenvalue weighted by molar-refractivity contribution is 7.80. The molecule has 0 spiro atoms. The number of pyridine rings is 1. The van der Waals surface area contributed by atoms with Crippen molar-refractivity contribution in [2.45, 2.75) is 19.1 Å². The molecule has 6 heteroatoms. The Balaban J connectivity index is 2.53. The molecule has 0 aliphatic rings. The van der Waals surface area contributed by atoms with E-state index in [1.165, 1.54) is 24.4 Å². The number of aryl methyl sites for hydroxylation is 2. The molecule has 0 saturated heterocycles. The minimum Gasteiger partial charge on any atom is -0.364 e. The fraction of sp³-hybridized carbons (Fsp3) is 0.200. The lowest BCUT2D eigenvalue weighted by atomic mass is 9.98. The molecule has 110 valence electrons. The van der Waals surface area contributed by atoms with E-state index in [0.29, 0.717) is 16.7 Å². The van der Waals surface area contributed by atoms with Crippen LogP contribution in [0.15, 0.2) is 24.4 Å². The fourth-order valence-electron chi connectivity index (χ4n) is 2.07. The number of amides is 1. The first-order chi connectivity index (χ1) is 9.82. The van der Waals surface area contributed by atoms with Gasteiger partial charge in [-0.2, -0.15) is 12.6 Å². The number of hydrogen-bond donors (Lipinski definition) is 2. The van der Waals surface area contributed by atoms with Crippen LogP contribution in [0.5, 0.6) is 0 Å². The zero-order valence-electron chi connectivity index (χ0n) is 11.5. The van der Waals surface area contributed by atoms with Crippen molar-refractivity contribution in [1.29, 1.82) is 0 Å². The Bertz CT molecular complexity index is 719.